The second-order valence-electron chi connectivity index (χ2n) is 6.76. The quantitative estimate of drug-likeness (QED) is 0.656. The summed E-state index contributed by atoms with van der Waals surface area (Å²) in [6.07, 6.45) is -0.627. The van der Waals surface area contributed by atoms with Crippen LogP contribution in [0.25, 0.3) is 22.6 Å². The molecule has 1 heterocycles. The Kier molecular flexibility index (Phi) is 4.41. The molecule has 0 saturated heterocycles. The summed E-state index contributed by atoms with van der Waals surface area (Å²) in [4.78, 5) is 16.5. The van der Waals surface area contributed by atoms with Crippen LogP contribution in [0.3, 0.4) is 0 Å². The van der Waals surface area contributed by atoms with Crippen LogP contribution < -0.4 is 5.11 Å². The van der Waals surface area contributed by atoms with Crippen LogP contribution in [0.15, 0.2) is 48.5 Å². The van der Waals surface area contributed by atoms with E-state index >= 15 is 0 Å². The summed E-state index contributed by atoms with van der Waals surface area (Å²) in [5.74, 6) is -1.24. The van der Waals surface area contributed by atoms with Crippen LogP contribution in [-0.2, 0) is 12.6 Å². The number of rotatable bonds is 2. The number of aromatic carboxylic acids is 1. The minimum absolute atomic E-state index is 0.151. The number of benzene rings is 2. The maximum absolute atomic E-state index is 12.8. The van der Waals surface area contributed by atoms with E-state index in [-0.39, 0.29) is 5.56 Å². The average Bonchev–Trinajstić information content (AvgIpc) is 2.66. The summed E-state index contributed by atoms with van der Waals surface area (Å²) >= 11 is 0. The Labute approximate surface area is 159 Å². The number of hydrogen-bond acceptors (Lipinski definition) is 3. The number of alkyl halides is 3. The zero-order valence-electron chi connectivity index (χ0n) is 14.7. The van der Waals surface area contributed by atoms with E-state index < -0.39 is 17.7 Å². The van der Waals surface area contributed by atoms with Gasteiger partial charge in [0.25, 0.3) is 0 Å². The van der Waals surface area contributed by atoms with E-state index in [0.29, 0.717) is 40.6 Å². The Morgan fingerprint density at radius 2 is 1.75 bits per heavy atom. The van der Waals surface area contributed by atoms with Gasteiger partial charge in [-0.3, -0.25) is 0 Å². The molecule has 3 nitrogen and oxygen atoms in total. The highest BCUT2D eigenvalue weighted by atomic mass is 19.4. The second-order valence-corrected chi connectivity index (χ2v) is 6.76. The molecule has 142 valence electrons. The Morgan fingerprint density at radius 3 is 2.43 bits per heavy atom. The van der Waals surface area contributed by atoms with Gasteiger partial charge in [0.1, 0.15) is 0 Å². The molecule has 1 aromatic heterocycles. The SMILES string of the molecule is O=C([O-])c1c2c(nc3ccccc13)/C(=C/c1ccc(C(F)(F)F)cc1)CCC2. The fourth-order valence-electron chi connectivity index (χ4n) is 3.68. The van der Waals surface area contributed by atoms with Gasteiger partial charge in [0.05, 0.1) is 22.7 Å². The summed E-state index contributed by atoms with van der Waals surface area (Å²) in [5.41, 5.74) is 2.64. The third-order valence-electron chi connectivity index (χ3n) is 4.95. The highest BCUT2D eigenvalue weighted by molar-refractivity contribution is 6.05. The lowest BCUT2D eigenvalue weighted by Gasteiger charge is -2.23. The van der Waals surface area contributed by atoms with Gasteiger partial charge in [-0.25, -0.2) is 4.98 Å². The number of hydrogen-bond donors (Lipinski definition) is 0. The number of para-hydroxylation sites is 1. The van der Waals surface area contributed by atoms with E-state index in [0.717, 1.165) is 24.1 Å². The number of allylic oxidation sites excluding steroid dienone is 1. The van der Waals surface area contributed by atoms with E-state index in [1.807, 2.05) is 0 Å². The molecular weight excluding hydrogens is 367 g/mol. The molecule has 0 saturated carbocycles. The lowest BCUT2D eigenvalue weighted by molar-refractivity contribution is -0.254. The number of carboxylic acid groups (broad SMARTS) is 1. The number of carboxylic acids is 1. The standard InChI is InChI=1S/C22H16F3NO2/c23-22(24,25)15-10-8-13(9-11-15)12-14-4-3-6-17-19(21(27)28)16-5-1-2-7-18(16)26-20(14)17/h1-2,5,7-12H,3-4,6H2,(H,27,28)/p-1/b14-12+. The number of pyridine rings is 1. The maximum Gasteiger partial charge on any atom is 0.416 e. The lowest BCUT2D eigenvalue weighted by atomic mass is 9.86. The van der Waals surface area contributed by atoms with Crippen LogP contribution in [0.5, 0.6) is 0 Å². The first-order chi connectivity index (χ1) is 13.3. The predicted molar refractivity (Wildman–Crippen MR) is 98.3 cm³/mol. The predicted octanol–water partition coefficient (Wildman–Crippen LogP) is 4.49. The lowest BCUT2D eigenvalue weighted by Crippen LogP contribution is -2.26. The average molecular weight is 382 g/mol. The van der Waals surface area contributed by atoms with E-state index in [4.69, 9.17) is 0 Å². The molecule has 3 aromatic rings. The number of carbonyl (C=O) groups is 1. The first-order valence-electron chi connectivity index (χ1n) is 8.86. The van der Waals surface area contributed by atoms with Crippen molar-refractivity contribution in [3.05, 3.63) is 76.5 Å². The number of halogens is 3. The highest BCUT2D eigenvalue weighted by Gasteiger charge is 2.30. The molecule has 0 fully saturated rings. The Morgan fingerprint density at radius 1 is 1.04 bits per heavy atom. The number of carbonyl (C=O) groups excluding carboxylic acids is 1. The molecular formula is C22H15F3NO2-. The summed E-state index contributed by atoms with van der Waals surface area (Å²) in [6.45, 7) is 0. The van der Waals surface area contributed by atoms with E-state index in [2.05, 4.69) is 4.98 Å². The molecule has 0 spiro atoms. The van der Waals surface area contributed by atoms with Crippen LogP contribution in [0, 0.1) is 0 Å². The third kappa shape index (κ3) is 3.26. The Bertz CT molecular complexity index is 1100. The Hall–Kier alpha value is -3.15. The van der Waals surface area contributed by atoms with E-state index in [9.17, 15) is 23.1 Å². The van der Waals surface area contributed by atoms with Gasteiger partial charge in [0.15, 0.2) is 0 Å². The third-order valence-corrected chi connectivity index (χ3v) is 4.95. The van der Waals surface area contributed by atoms with Crippen molar-refractivity contribution in [1.29, 1.82) is 0 Å². The van der Waals surface area contributed by atoms with Gasteiger partial charge in [0, 0.05) is 10.9 Å². The molecule has 28 heavy (non-hydrogen) atoms. The smallest absolute Gasteiger partial charge is 0.416 e. The minimum atomic E-state index is -4.38. The highest BCUT2D eigenvalue weighted by Crippen LogP contribution is 2.36. The zero-order chi connectivity index (χ0) is 19.9. The minimum Gasteiger partial charge on any atom is -0.545 e. The summed E-state index contributed by atoms with van der Waals surface area (Å²) in [5, 5.41) is 12.4. The number of aromatic nitrogens is 1. The molecule has 0 radical (unpaired) electrons. The first-order valence-corrected chi connectivity index (χ1v) is 8.86. The van der Waals surface area contributed by atoms with Crippen LogP contribution in [0.2, 0.25) is 0 Å². The van der Waals surface area contributed by atoms with Gasteiger partial charge in [-0.2, -0.15) is 13.2 Å². The normalized spacial score (nSPS) is 15.6. The molecule has 0 N–H and O–H groups in total. The molecule has 0 unspecified atom stereocenters. The summed E-state index contributed by atoms with van der Waals surface area (Å²) < 4.78 is 38.3. The van der Waals surface area contributed by atoms with Crippen LogP contribution in [0.1, 0.15) is 45.6 Å². The van der Waals surface area contributed by atoms with Crippen LogP contribution in [-0.4, -0.2) is 11.0 Å². The largest absolute Gasteiger partial charge is 0.545 e. The van der Waals surface area contributed by atoms with E-state index in [1.54, 1.807) is 30.3 Å². The van der Waals surface area contributed by atoms with Crippen molar-refractivity contribution < 1.29 is 23.1 Å². The number of nitrogens with zero attached hydrogens (tertiary/aromatic N) is 1. The van der Waals surface area contributed by atoms with Gasteiger partial charge in [-0.05, 0) is 60.2 Å². The molecule has 0 amide bonds. The summed E-state index contributed by atoms with van der Waals surface area (Å²) in [7, 11) is 0. The summed E-state index contributed by atoms with van der Waals surface area (Å²) in [6, 6.07) is 11.9. The molecule has 4 rings (SSSR count). The van der Waals surface area contributed by atoms with Crippen molar-refractivity contribution >= 4 is 28.5 Å². The van der Waals surface area contributed by atoms with Gasteiger partial charge < -0.3 is 9.90 Å². The van der Waals surface area contributed by atoms with Gasteiger partial charge >= 0.3 is 6.18 Å². The van der Waals surface area contributed by atoms with Crippen molar-refractivity contribution in [2.75, 3.05) is 0 Å². The van der Waals surface area contributed by atoms with Crippen molar-refractivity contribution in [2.24, 2.45) is 0 Å². The van der Waals surface area contributed by atoms with Crippen molar-refractivity contribution in [3.63, 3.8) is 0 Å². The van der Waals surface area contributed by atoms with Gasteiger partial charge in [0.2, 0.25) is 0 Å². The van der Waals surface area contributed by atoms with Crippen molar-refractivity contribution in [2.45, 2.75) is 25.4 Å². The van der Waals surface area contributed by atoms with Gasteiger partial charge in [-0.1, -0.05) is 30.3 Å². The molecule has 1 aliphatic carbocycles. The van der Waals surface area contributed by atoms with E-state index in [1.165, 1.54) is 12.1 Å². The van der Waals surface area contributed by atoms with Crippen LogP contribution >= 0.6 is 0 Å². The second kappa shape index (κ2) is 6.78. The molecule has 0 aliphatic heterocycles. The first kappa shape index (κ1) is 18.2. The molecule has 0 bridgehead atoms. The molecule has 1 aliphatic rings. The Balaban J connectivity index is 1.85. The zero-order valence-corrected chi connectivity index (χ0v) is 14.7. The van der Waals surface area contributed by atoms with Crippen molar-refractivity contribution in [1.82, 2.24) is 4.98 Å². The molecule has 6 heteroatoms. The van der Waals surface area contributed by atoms with Crippen LogP contribution in [0.4, 0.5) is 13.2 Å². The van der Waals surface area contributed by atoms with Gasteiger partial charge in [-0.15, -0.1) is 0 Å². The fraction of sp³-hybridized carbons (Fsp3) is 0.182. The number of fused-ring (bicyclic) bond motifs is 2. The monoisotopic (exact) mass is 382 g/mol. The molecule has 2 aromatic carbocycles. The maximum atomic E-state index is 12.8. The topological polar surface area (TPSA) is 53.0 Å². The molecule has 0 atom stereocenters. The fourth-order valence-corrected chi connectivity index (χ4v) is 3.68. The van der Waals surface area contributed by atoms with Crippen molar-refractivity contribution in [3.8, 4) is 0 Å².